The van der Waals surface area contributed by atoms with E-state index in [0.717, 1.165) is 55.3 Å². The van der Waals surface area contributed by atoms with E-state index in [2.05, 4.69) is 20.2 Å². The van der Waals surface area contributed by atoms with Gasteiger partial charge in [-0.1, -0.05) is 12.1 Å². The predicted molar refractivity (Wildman–Crippen MR) is 99.4 cm³/mol. The summed E-state index contributed by atoms with van der Waals surface area (Å²) in [6.07, 6.45) is 6.99. The molecule has 2 N–H and O–H groups in total. The van der Waals surface area contributed by atoms with Crippen LogP contribution in [0.5, 0.6) is 0 Å². The zero-order valence-electron chi connectivity index (χ0n) is 14.5. The second-order valence-corrected chi connectivity index (χ2v) is 6.63. The van der Waals surface area contributed by atoms with Gasteiger partial charge in [0.2, 0.25) is 5.91 Å². The molecule has 4 rings (SSSR count). The summed E-state index contributed by atoms with van der Waals surface area (Å²) in [4.78, 5) is 22.3. The summed E-state index contributed by atoms with van der Waals surface area (Å²) in [7, 11) is 0. The summed E-state index contributed by atoms with van der Waals surface area (Å²) in [6.45, 7) is 2.63. The Morgan fingerprint density at radius 3 is 2.88 bits per heavy atom. The molecule has 1 saturated heterocycles. The average Bonchev–Trinajstić information content (AvgIpc) is 3.37. The minimum atomic E-state index is 0.0510. The highest BCUT2D eigenvalue weighted by Gasteiger charge is 2.25. The van der Waals surface area contributed by atoms with Crippen molar-refractivity contribution in [2.24, 2.45) is 5.92 Å². The number of piperidine rings is 1. The van der Waals surface area contributed by atoms with Gasteiger partial charge in [-0.2, -0.15) is 0 Å². The van der Waals surface area contributed by atoms with E-state index in [1.807, 2.05) is 42.6 Å². The van der Waals surface area contributed by atoms with Crippen molar-refractivity contribution in [3.05, 3.63) is 60.9 Å². The Balaban J connectivity index is 1.32. The molecule has 26 heavy (non-hydrogen) atoms. The molecule has 0 bridgehead atoms. The van der Waals surface area contributed by atoms with Crippen molar-refractivity contribution in [2.75, 3.05) is 18.4 Å². The molecule has 2 aromatic heterocycles. The normalized spacial score (nSPS) is 15.8. The Labute approximate surface area is 152 Å². The fourth-order valence-corrected chi connectivity index (χ4v) is 3.39. The van der Waals surface area contributed by atoms with Gasteiger partial charge in [0.25, 0.3) is 0 Å². The first-order valence-corrected chi connectivity index (χ1v) is 8.93. The quantitative estimate of drug-likeness (QED) is 0.738. The van der Waals surface area contributed by atoms with Gasteiger partial charge in [0, 0.05) is 29.6 Å². The summed E-state index contributed by atoms with van der Waals surface area (Å²) >= 11 is 0. The molecule has 0 unspecified atom stereocenters. The molecule has 6 heteroatoms. The number of aromatic amines is 1. The second kappa shape index (κ2) is 7.58. The lowest BCUT2D eigenvalue weighted by atomic mass is 9.95. The number of furan rings is 1. The van der Waals surface area contributed by atoms with Gasteiger partial charge >= 0.3 is 0 Å². The molecular formula is C20H22N4O2. The number of likely N-dealkylation sites (tertiary alicyclic amines) is 1. The molecule has 1 aliphatic rings. The van der Waals surface area contributed by atoms with Crippen molar-refractivity contribution < 1.29 is 9.21 Å². The van der Waals surface area contributed by atoms with E-state index in [1.165, 1.54) is 0 Å². The number of hydrogen-bond acceptors (Lipinski definition) is 4. The van der Waals surface area contributed by atoms with Crippen LogP contribution < -0.4 is 5.32 Å². The first-order chi connectivity index (χ1) is 12.8. The molecular weight excluding hydrogens is 328 g/mol. The number of amides is 1. The van der Waals surface area contributed by atoms with E-state index < -0.39 is 0 Å². The largest absolute Gasteiger partial charge is 0.464 e. The highest BCUT2D eigenvalue weighted by Crippen LogP contribution is 2.25. The van der Waals surface area contributed by atoms with Gasteiger partial charge in [-0.25, -0.2) is 4.98 Å². The molecule has 0 radical (unpaired) electrons. The van der Waals surface area contributed by atoms with Crippen molar-refractivity contribution in [1.82, 2.24) is 14.9 Å². The van der Waals surface area contributed by atoms with E-state index in [0.29, 0.717) is 0 Å². The molecule has 1 aromatic carbocycles. The van der Waals surface area contributed by atoms with E-state index in [-0.39, 0.29) is 11.8 Å². The molecule has 6 nitrogen and oxygen atoms in total. The SMILES string of the molecule is O=C(Nc1cccc(-c2ccco2)c1)C1CCN(Cc2ncc[nH]2)CC1. The molecule has 1 amide bonds. The number of carbonyl (C=O) groups excluding carboxylic acids is 1. The van der Waals surface area contributed by atoms with E-state index in [4.69, 9.17) is 4.42 Å². The number of benzene rings is 1. The number of nitrogens with one attached hydrogen (secondary N) is 2. The van der Waals surface area contributed by atoms with Crippen molar-refractivity contribution in [3.63, 3.8) is 0 Å². The highest BCUT2D eigenvalue weighted by atomic mass is 16.3. The van der Waals surface area contributed by atoms with Crippen LogP contribution in [0.4, 0.5) is 5.69 Å². The first-order valence-electron chi connectivity index (χ1n) is 8.93. The topological polar surface area (TPSA) is 74.2 Å². The van der Waals surface area contributed by atoms with Gasteiger partial charge in [-0.05, 0) is 50.2 Å². The van der Waals surface area contributed by atoms with Crippen molar-refractivity contribution in [3.8, 4) is 11.3 Å². The lowest BCUT2D eigenvalue weighted by Gasteiger charge is -2.30. The third-order valence-corrected chi connectivity index (χ3v) is 4.82. The van der Waals surface area contributed by atoms with Crippen LogP contribution in [0.3, 0.4) is 0 Å². The molecule has 1 aliphatic heterocycles. The number of hydrogen-bond donors (Lipinski definition) is 2. The van der Waals surface area contributed by atoms with Crippen LogP contribution in [0.25, 0.3) is 11.3 Å². The average molecular weight is 350 g/mol. The standard InChI is InChI=1S/C20H22N4O2/c25-20(15-6-10-24(11-7-15)14-19-21-8-9-22-19)23-17-4-1-3-16(13-17)18-5-2-12-26-18/h1-5,8-9,12-13,15H,6-7,10-11,14H2,(H,21,22)(H,23,25). The minimum Gasteiger partial charge on any atom is -0.464 e. The minimum absolute atomic E-state index is 0.0510. The summed E-state index contributed by atoms with van der Waals surface area (Å²) in [5.74, 6) is 1.92. The number of H-pyrrole nitrogens is 1. The highest BCUT2D eigenvalue weighted by molar-refractivity contribution is 5.93. The second-order valence-electron chi connectivity index (χ2n) is 6.63. The van der Waals surface area contributed by atoms with Crippen LogP contribution in [0.1, 0.15) is 18.7 Å². The Bertz CT molecular complexity index is 835. The number of nitrogens with zero attached hydrogens (tertiary/aromatic N) is 2. The van der Waals surface area contributed by atoms with Gasteiger partial charge in [-0.3, -0.25) is 9.69 Å². The Morgan fingerprint density at radius 1 is 1.27 bits per heavy atom. The number of carbonyl (C=O) groups is 1. The Hall–Kier alpha value is -2.86. The van der Waals surface area contributed by atoms with E-state index >= 15 is 0 Å². The Kier molecular flexibility index (Phi) is 4.84. The Morgan fingerprint density at radius 2 is 2.15 bits per heavy atom. The van der Waals surface area contributed by atoms with Crippen LogP contribution in [-0.4, -0.2) is 33.9 Å². The third-order valence-electron chi connectivity index (χ3n) is 4.82. The van der Waals surface area contributed by atoms with Crippen molar-refractivity contribution >= 4 is 11.6 Å². The van der Waals surface area contributed by atoms with Gasteiger partial charge < -0.3 is 14.7 Å². The van der Waals surface area contributed by atoms with Crippen LogP contribution in [0.2, 0.25) is 0 Å². The van der Waals surface area contributed by atoms with E-state index in [9.17, 15) is 4.79 Å². The lowest BCUT2D eigenvalue weighted by Crippen LogP contribution is -2.38. The van der Waals surface area contributed by atoms with Crippen LogP contribution in [-0.2, 0) is 11.3 Å². The number of aromatic nitrogens is 2. The van der Waals surface area contributed by atoms with Gasteiger partial charge in [-0.15, -0.1) is 0 Å². The number of rotatable bonds is 5. The summed E-state index contributed by atoms with van der Waals surface area (Å²) < 4.78 is 5.42. The van der Waals surface area contributed by atoms with Gasteiger partial charge in [0.15, 0.2) is 0 Å². The first kappa shape index (κ1) is 16.6. The summed E-state index contributed by atoms with van der Waals surface area (Å²) in [6, 6.07) is 11.5. The smallest absolute Gasteiger partial charge is 0.227 e. The van der Waals surface area contributed by atoms with Crippen LogP contribution in [0, 0.1) is 5.92 Å². The predicted octanol–water partition coefficient (Wildman–Crippen LogP) is 3.52. The molecule has 3 aromatic rings. The summed E-state index contributed by atoms with van der Waals surface area (Å²) in [5, 5.41) is 3.06. The van der Waals surface area contributed by atoms with Crippen LogP contribution >= 0.6 is 0 Å². The maximum atomic E-state index is 12.6. The zero-order chi connectivity index (χ0) is 17.8. The van der Waals surface area contributed by atoms with E-state index in [1.54, 1.807) is 12.5 Å². The van der Waals surface area contributed by atoms with Crippen molar-refractivity contribution in [2.45, 2.75) is 19.4 Å². The molecule has 134 valence electrons. The molecule has 0 saturated carbocycles. The molecule has 0 aliphatic carbocycles. The monoisotopic (exact) mass is 350 g/mol. The fraction of sp³-hybridized carbons (Fsp3) is 0.300. The number of anilines is 1. The van der Waals surface area contributed by atoms with Crippen LogP contribution in [0.15, 0.2) is 59.5 Å². The lowest BCUT2D eigenvalue weighted by molar-refractivity contribution is -0.121. The van der Waals surface area contributed by atoms with Crippen molar-refractivity contribution in [1.29, 1.82) is 0 Å². The van der Waals surface area contributed by atoms with Gasteiger partial charge in [0.05, 0.1) is 12.8 Å². The maximum Gasteiger partial charge on any atom is 0.227 e. The third kappa shape index (κ3) is 3.86. The fourth-order valence-electron chi connectivity index (χ4n) is 3.39. The summed E-state index contributed by atoms with van der Waals surface area (Å²) in [5.41, 5.74) is 1.77. The number of imidazole rings is 1. The maximum absolute atomic E-state index is 12.6. The molecule has 1 fully saturated rings. The molecule has 3 heterocycles. The molecule has 0 spiro atoms. The van der Waals surface area contributed by atoms with Gasteiger partial charge in [0.1, 0.15) is 11.6 Å². The zero-order valence-corrected chi connectivity index (χ0v) is 14.5. The molecule has 0 atom stereocenters.